The number of nitrogens with zero attached hydrogens (tertiary/aromatic N) is 1. The number of aromatic hydroxyl groups is 1. The molecule has 162 valence electrons. The largest absolute Gasteiger partial charge is 0.504 e. The number of rotatable bonds is 6. The Morgan fingerprint density at radius 3 is 2.84 bits per heavy atom. The van der Waals surface area contributed by atoms with Crippen LogP contribution in [0.5, 0.6) is 11.5 Å². The lowest BCUT2D eigenvalue weighted by molar-refractivity contribution is -0.112. The van der Waals surface area contributed by atoms with E-state index in [-0.39, 0.29) is 23.7 Å². The molecule has 0 saturated carbocycles. The SMILES string of the molecule is CCOC(=O)c1c(NC(=O)/C(C#N)=C\c2ccc(OC)c(O)c2)sc2c1CC[C@H](C)C2. The summed E-state index contributed by atoms with van der Waals surface area (Å²) in [7, 11) is 1.43. The first-order valence-corrected chi connectivity index (χ1v) is 10.8. The van der Waals surface area contributed by atoms with Crippen molar-refractivity contribution in [3.05, 3.63) is 45.3 Å². The molecular weight excluding hydrogens is 416 g/mol. The van der Waals surface area contributed by atoms with Gasteiger partial charge in [-0.3, -0.25) is 4.79 Å². The van der Waals surface area contributed by atoms with E-state index in [1.54, 1.807) is 19.1 Å². The number of phenolic OH excluding ortho intramolecular Hbond substituents is 1. The van der Waals surface area contributed by atoms with Crippen molar-refractivity contribution in [1.82, 2.24) is 0 Å². The van der Waals surface area contributed by atoms with Crippen molar-refractivity contribution in [3.63, 3.8) is 0 Å². The van der Waals surface area contributed by atoms with Crippen LogP contribution >= 0.6 is 11.3 Å². The Balaban J connectivity index is 1.92. The number of thiophene rings is 1. The molecule has 7 nitrogen and oxygen atoms in total. The number of methoxy groups -OCH3 is 1. The lowest BCUT2D eigenvalue weighted by Gasteiger charge is -2.18. The number of amides is 1. The van der Waals surface area contributed by atoms with E-state index in [1.807, 2.05) is 6.07 Å². The van der Waals surface area contributed by atoms with E-state index >= 15 is 0 Å². The van der Waals surface area contributed by atoms with Gasteiger partial charge in [0.2, 0.25) is 0 Å². The predicted octanol–water partition coefficient (Wildman–Crippen LogP) is 4.31. The molecule has 8 heteroatoms. The minimum atomic E-state index is -0.630. The fourth-order valence-electron chi connectivity index (χ4n) is 3.54. The maximum atomic E-state index is 12.8. The van der Waals surface area contributed by atoms with Crippen molar-refractivity contribution in [1.29, 1.82) is 5.26 Å². The third kappa shape index (κ3) is 4.89. The zero-order valence-corrected chi connectivity index (χ0v) is 18.5. The molecule has 2 N–H and O–H groups in total. The normalized spacial score (nSPS) is 15.5. The summed E-state index contributed by atoms with van der Waals surface area (Å²) in [6.07, 6.45) is 3.93. The van der Waals surface area contributed by atoms with Crippen molar-refractivity contribution in [2.24, 2.45) is 5.92 Å². The number of anilines is 1. The van der Waals surface area contributed by atoms with Crippen LogP contribution < -0.4 is 10.1 Å². The minimum absolute atomic E-state index is 0.0985. The van der Waals surface area contributed by atoms with Crippen LogP contribution in [-0.2, 0) is 22.4 Å². The maximum absolute atomic E-state index is 12.8. The van der Waals surface area contributed by atoms with Crippen LogP contribution in [0, 0.1) is 17.2 Å². The summed E-state index contributed by atoms with van der Waals surface area (Å²) >= 11 is 1.36. The Labute approximate surface area is 184 Å². The van der Waals surface area contributed by atoms with Gasteiger partial charge in [-0.05, 0) is 61.4 Å². The number of nitrogens with one attached hydrogen (secondary N) is 1. The Morgan fingerprint density at radius 1 is 1.42 bits per heavy atom. The van der Waals surface area contributed by atoms with Gasteiger partial charge in [0.1, 0.15) is 16.6 Å². The smallest absolute Gasteiger partial charge is 0.341 e. The van der Waals surface area contributed by atoms with Crippen LogP contribution in [0.25, 0.3) is 6.08 Å². The van der Waals surface area contributed by atoms with Gasteiger partial charge in [-0.2, -0.15) is 5.26 Å². The molecule has 0 saturated heterocycles. The molecule has 1 aromatic carbocycles. The first-order chi connectivity index (χ1) is 14.9. The van der Waals surface area contributed by atoms with Crippen LogP contribution in [0.2, 0.25) is 0 Å². The molecule has 3 rings (SSSR count). The standard InChI is InChI=1S/C23H24N2O5S/c1-4-30-23(28)20-16-7-5-13(2)9-19(16)31-22(20)25-21(27)15(12-24)10-14-6-8-18(29-3)17(26)11-14/h6,8,10-11,13,26H,4-5,7,9H2,1-3H3,(H,25,27)/b15-10-/t13-/m0/s1. The molecule has 0 radical (unpaired) electrons. The molecule has 0 bridgehead atoms. The minimum Gasteiger partial charge on any atom is -0.504 e. The predicted molar refractivity (Wildman–Crippen MR) is 118 cm³/mol. The van der Waals surface area contributed by atoms with E-state index in [0.717, 1.165) is 29.7 Å². The van der Waals surface area contributed by atoms with Gasteiger partial charge < -0.3 is 19.9 Å². The molecule has 0 unspecified atom stereocenters. The van der Waals surface area contributed by atoms with Crippen LogP contribution in [0.4, 0.5) is 5.00 Å². The summed E-state index contributed by atoms with van der Waals surface area (Å²) in [5, 5.41) is 22.6. The monoisotopic (exact) mass is 440 g/mol. The van der Waals surface area contributed by atoms with Gasteiger partial charge in [0.05, 0.1) is 19.3 Å². The third-order valence-electron chi connectivity index (χ3n) is 5.10. The van der Waals surface area contributed by atoms with Crippen molar-refractivity contribution in [2.75, 3.05) is 19.0 Å². The summed E-state index contributed by atoms with van der Waals surface area (Å²) in [4.78, 5) is 26.5. The van der Waals surface area contributed by atoms with Crippen LogP contribution in [0.15, 0.2) is 23.8 Å². The van der Waals surface area contributed by atoms with E-state index in [4.69, 9.17) is 9.47 Å². The second-order valence-electron chi connectivity index (χ2n) is 7.33. The highest BCUT2D eigenvalue weighted by Gasteiger charge is 2.29. The molecule has 31 heavy (non-hydrogen) atoms. The first-order valence-electron chi connectivity index (χ1n) is 9.99. The Kier molecular flexibility index (Phi) is 6.98. The number of fused-ring (bicyclic) bond motifs is 1. The number of phenols is 1. The van der Waals surface area contributed by atoms with Crippen molar-refractivity contribution in [2.45, 2.75) is 33.1 Å². The van der Waals surface area contributed by atoms with Crippen LogP contribution in [-0.4, -0.2) is 30.7 Å². The summed E-state index contributed by atoms with van der Waals surface area (Å²) in [6.45, 7) is 4.13. The second kappa shape index (κ2) is 9.67. The van der Waals surface area contributed by atoms with E-state index in [2.05, 4.69) is 12.2 Å². The van der Waals surface area contributed by atoms with Crippen LogP contribution in [0.3, 0.4) is 0 Å². The Hall–Kier alpha value is -3.31. The fraction of sp³-hybridized carbons (Fsp3) is 0.348. The molecule has 2 aromatic rings. The van der Waals surface area contributed by atoms with Crippen molar-refractivity contribution in [3.8, 4) is 17.6 Å². The van der Waals surface area contributed by atoms with Gasteiger partial charge >= 0.3 is 5.97 Å². The van der Waals surface area contributed by atoms with E-state index in [0.29, 0.717) is 22.0 Å². The number of ether oxygens (including phenoxy) is 2. The van der Waals surface area contributed by atoms with Gasteiger partial charge in [-0.15, -0.1) is 11.3 Å². The molecule has 1 atom stereocenters. The highest BCUT2D eigenvalue weighted by Crippen LogP contribution is 2.40. The zero-order valence-electron chi connectivity index (χ0n) is 17.7. The van der Waals surface area contributed by atoms with Gasteiger partial charge in [-0.1, -0.05) is 13.0 Å². The zero-order chi connectivity index (χ0) is 22.5. The third-order valence-corrected chi connectivity index (χ3v) is 6.27. The topological polar surface area (TPSA) is 109 Å². The molecule has 1 aliphatic rings. The highest BCUT2D eigenvalue weighted by atomic mass is 32.1. The van der Waals surface area contributed by atoms with E-state index in [1.165, 1.54) is 30.6 Å². The highest BCUT2D eigenvalue weighted by molar-refractivity contribution is 7.17. The number of hydrogen-bond donors (Lipinski definition) is 2. The number of carbonyl (C=O) groups is 2. The quantitative estimate of drug-likeness (QED) is 0.394. The van der Waals surface area contributed by atoms with Gasteiger partial charge in [0, 0.05) is 4.88 Å². The number of carbonyl (C=O) groups excluding carboxylic acids is 2. The second-order valence-corrected chi connectivity index (χ2v) is 8.44. The fourth-order valence-corrected chi connectivity index (χ4v) is 4.93. The summed E-state index contributed by atoms with van der Waals surface area (Å²) in [5.41, 5.74) is 1.63. The van der Waals surface area contributed by atoms with Gasteiger partial charge in [0.15, 0.2) is 11.5 Å². The Morgan fingerprint density at radius 2 is 2.19 bits per heavy atom. The summed E-state index contributed by atoms with van der Waals surface area (Å²) in [6, 6.07) is 6.45. The Bertz CT molecular complexity index is 1080. The first kappa shape index (κ1) is 22.4. The molecule has 1 amide bonds. The number of benzene rings is 1. The number of esters is 1. The van der Waals surface area contributed by atoms with Gasteiger partial charge in [0.25, 0.3) is 5.91 Å². The lowest BCUT2D eigenvalue weighted by Crippen LogP contribution is -2.17. The molecule has 0 fully saturated rings. The van der Waals surface area contributed by atoms with E-state index < -0.39 is 11.9 Å². The number of hydrogen-bond acceptors (Lipinski definition) is 7. The van der Waals surface area contributed by atoms with Crippen LogP contribution in [0.1, 0.15) is 46.6 Å². The molecule has 0 aliphatic heterocycles. The summed E-state index contributed by atoms with van der Waals surface area (Å²) in [5.74, 6) is -0.402. The number of nitriles is 1. The molecule has 1 aromatic heterocycles. The van der Waals surface area contributed by atoms with E-state index in [9.17, 15) is 20.0 Å². The van der Waals surface area contributed by atoms with Crippen molar-refractivity contribution < 1.29 is 24.2 Å². The maximum Gasteiger partial charge on any atom is 0.341 e. The average molecular weight is 441 g/mol. The molecular formula is C23H24N2O5S. The average Bonchev–Trinajstić information content (AvgIpc) is 3.08. The summed E-state index contributed by atoms with van der Waals surface area (Å²) < 4.78 is 10.2. The molecule has 0 spiro atoms. The molecule has 1 heterocycles. The van der Waals surface area contributed by atoms with Crippen molar-refractivity contribution >= 4 is 34.3 Å². The lowest BCUT2D eigenvalue weighted by atomic mass is 9.88. The molecule has 1 aliphatic carbocycles. The van der Waals surface area contributed by atoms with Gasteiger partial charge in [-0.25, -0.2) is 4.79 Å².